The highest BCUT2D eigenvalue weighted by atomic mass is 35.5. The molecule has 13 heteroatoms. The Morgan fingerprint density at radius 1 is 1.02 bits per heavy atom. The predicted molar refractivity (Wildman–Crippen MR) is 177 cm³/mol. The van der Waals surface area contributed by atoms with Gasteiger partial charge in [0, 0.05) is 55.1 Å². The lowest BCUT2D eigenvalue weighted by atomic mass is 9.72. The Morgan fingerprint density at radius 2 is 1.71 bits per heavy atom. The van der Waals surface area contributed by atoms with Gasteiger partial charge in [0.2, 0.25) is 5.78 Å². The summed E-state index contributed by atoms with van der Waals surface area (Å²) in [4.78, 5) is 42.4. The maximum atomic E-state index is 13.9. The van der Waals surface area contributed by atoms with Crippen molar-refractivity contribution in [3.63, 3.8) is 0 Å². The summed E-state index contributed by atoms with van der Waals surface area (Å²) in [5.74, 6) is -3.24. The number of ether oxygens (including phenoxy) is 3. The van der Waals surface area contributed by atoms with Crippen molar-refractivity contribution in [3.05, 3.63) is 87.5 Å². The average molecular weight is 698 g/mol. The highest BCUT2D eigenvalue weighted by molar-refractivity contribution is 6.31. The van der Waals surface area contributed by atoms with Crippen LogP contribution in [0.15, 0.2) is 48.5 Å². The maximum Gasteiger partial charge on any atom is 0.202 e. The molecule has 262 valence electrons. The Morgan fingerprint density at radius 3 is 2.37 bits per heavy atom. The summed E-state index contributed by atoms with van der Waals surface area (Å²) in [5.41, 5.74) is -2.19. The molecule has 0 aromatic heterocycles. The second kappa shape index (κ2) is 14.2. The summed E-state index contributed by atoms with van der Waals surface area (Å²) >= 11 is 0. The number of carbonyl (C=O) groups is 3. The first kappa shape index (κ1) is 36.4. The van der Waals surface area contributed by atoms with Crippen LogP contribution in [0.4, 0.5) is 0 Å². The summed E-state index contributed by atoms with van der Waals surface area (Å²) in [6.45, 7) is 3.35. The number of nitrogens with zero attached hydrogens (tertiary/aromatic N) is 1. The highest BCUT2D eigenvalue weighted by Crippen LogP contribution is 2.52. The molecule has 0 bridgehead atoms. The summed E-state index contributed by atoms with van der Waals surface area (Å²) in [6.07, 6.45) is -4.73. The van der Waals surface area contributed by atoms with Crippen molar-refractivity contribution >= 4 is 29.8 Å². The van der Waals surface area contributed by atoms with Crippen LogP contribution < -0.4 is 4.74 Å². The Kier molecular flexibility index (Phi) is 10.5. The van der Waals surface area contributed by atoms with Gasteiger partial charge in [0.05, 0.1) is 48.7 Å². The van der Waals surface area contributed by atoms with Crippen LogP contribution in [0.25, 0.3) is 0 Å². The summed E-state index contributed by atoms with van der Waals surface area (Å²) in [6, 6.07) is 13.5. The molecule has 0 radical (unpaired) electrons. The fourth-order valence-electron chi connectivity index (χ4n) is 7.27. The topological polar surface area (TPSA) is 183 Å². The van der Waals surface area contributed by atoms with Crippen LogP contribution in [0.5, 0.6) is 17.2 Å². The van der Waals surface area contributed by atoms with Gasteiger partial charge in [-0.25, -0.2) is 0 Å². The van der Waals surface area contributed by atoms with Gasteiger partial charge in [-0.3, -0.25) is 19.3 Å². The van der Waals surface area contributed by atoms with E-state index in [9.17, 15) is 39.9 Å². The molecule has 12 nitrogen and oxygen atoms in total. The Balaban J connectivity index is 0.00000468. The largest absolute Gasteiger partial charge is 0.507 e. The van der Waals surface area contributed by atoms with Crippen molar-refractivity contribution in [2.75, 3.05) is 20.3 Å². The Bertz CT molecular complexity index is 1770. The van der Waals surface area contributed by atoms with E-state index in [0.29, 0.717) is 6.54 Å². The second-order valence-corrected chi connectivity index (χ2v) is 12.7. The van der Waals surface area contributed by atoms with Gasteiger partial charge in [-0.05, 0) is 25.5 Å². The second-order valence-electron chi connectivity index (χ2n) is 12.7. The van der Waals surface area contributed by atoms with E-state index in [0.717, 1.165) is 5.56 Å². The number of fused-ring (bicyclic) bond motifs is 3. The lowest BCUT2D eigenvalue weighted by Gasteiger charge is -2.45. The van der Waals surface area contributed by atoms with E-state index in [1.54, 1.807) is 6.92 Å². The summed E-state index contributed by atoms with van der Waals surface area (Å²) in [5, 5.41) is 55.9. The molecule has 2 aliphatic carbocycles. The molecule has 1 heterocycles. The van der Waals surface area contributed by atoms with Crippen LogP contribution in [0, 0.1) is 0 Å². The Hall–Kier alpha value is -3.88. The monoisotopic (exact) mass is 697 g/mol. The van der Waals surface area contributed by atoms with Crippen LogP contribution in [0.2, 0.25) is 0 Å². The quantitative estimate of drug-likeness (QED) is 0.162. The first-order valence-electron chi connectivity index (χ1n) is 15.9. The molecule has 6 atom stereocenters. The molecular weight excluding hydrogens is 658 g/mol. The van der Waals surface area contributed by atoms with E-state index in [-0.39, 0.29) is 66.4 Å². The number of aliphatic hydroxyl groups is 3. The third-order valence-electron chi connectivity index (χ3n) is 9.81. The first-order chi connectivity index (χ1) is 22.9. The van der Waals surface area contributed by atoms with Gasteiger partial charge in [0.25, 0.3) is 0 Å². The number of phenolic OH excluding ortho intramolecular Hbond substituents is 2. The van der Waals surface area contributed by atoms with Crippen molar-refractivity contribution in [3.8, 4) is 17.2 Å². The number of methoxy groups -OCH3 is 1. The minimum Gasteiger partial charge on any atom is -0.507 e. The lowest BCUT2D eigenvalue weighted by Crippen LogP contribution is -2.56. The fourth-order valence-corrected chi connectivity index (χ4v) is 7.27. The summed E-state index contributed by atoms with van der Waals surface area (Å²) < 4.78 is 17.8. The molecule has 1 aliphatic heterocycles. The number of aliphatic hydroxyl groups excluding tert-OH is 2. The summed E-state index contributed by atoms with van der Waals surface area (Å²) in [7, 11) is 1.34. The number of carbonyl (C=O) groups excluding carboxylic acids is 3. The van der Waals surface area contributed by atoms with Gasteiger partial charge in [-0.15, -0.1) is 12.4 Å². The molecule has 1 saturated heterocycles. The number of ketones is 3. The van der Waals surface area contributed by atoms with Crippen molar-refractivity contribution in [1.29, 1.82) is 0 Å². The van der Waals surface area contributed by atoms with Crippen molar-refractivity contribution in [2.24, 2.45) is 0 Å². The number of aromatic hydroxyl groups is 2. The number of Topliss-reactive ketones (excluding diaryl/α,β-unsaturated/α-hetero) is 1. The zero-order chi connectivity index (χ0) is 34.5. The number of hydrogen-bond donors (Lipinski definition) is 5. The van der Waals surface area contributed by atoms with Crippen LogP contribution in [0.3, 0.4) is 0 Å². The zero-order valence-corrected chi connectivity index (χ0v) is 28.1. The van der Waals surface area contributed by atoms with Crippen LogP contribution >= 0.6 is 12.4 Å². The van der Waals surface area contributed by atoms with E-state index in [1.807, 2.05) is 35.2 Å². The van der Waals surface area contributed by atoms with Crippen LogP contribution in [-0.2, 0) is 27.2 Å². The molecule has 0 saturated carbocycles. The van der Waals surface area contributed by atoms with Crippen molar-refractivity contribution < 1.29 is 54.1 Å². The van der Waals surface area contributed by atoms with Gasteiger partial charge in [0.15, 0.2) is 17.9 Å². The normalized spacial score (nSPS) is 26.0. The van der Waals surface area contributed by atoms with E-state index >= 15 is 0 Å². The van der Waals surface area contributed by atoms with Crippen molar-refractivity contribution in [1.82, 2.24) is 4.90 Å². The standard InChI is InChI=1S/C36H39NO11.ClH/c1-18-31(40)23(37(12-13-38)17-20-8-5-4-6-9-20)14-26(47-18)48-25-16-36(45,19(2)39)15-22-28(25)35(44)30-29(33(22)42)32(41)21-10-7-11-24(46-3)27(21)34(30)43;/h4-11,18,23,25-26,31,38,40,42,44-45H,12-17H2,1-3H3;1H/t18?,23?,25-,26?,31?,36-;/m0./s1. The van der Waals surface area contributed by atoms with E-state index in [4.69, 9.17) is 14.2 Å². The molecule has 49 heavy (non-hydrogen) atoms. The van der Waals surface area contributed by atoms with Crippen molar-refractivity contribution in [2.45, 2.75) is 75.9 Å². The van der Waals surface area contributed by atoms with E-state index < -0.39 is 82.6 Å². The molecule has 3 aliphatic rings. The fraction of sp³-hybridized carbons (Fsp3) is 0.417. The third-order valence-corrected chi connectivity index (χ3v) is 9.81. The zero-order valence-electron chi connectivity index (χ0n) is 27.3. The third kappa shape index (κ3) is 6.34. The predicted octanol–water partition coefficient (Wildman–Crippen LogP) is 2.99. The average Bonchev–Trinajstić information content (AvgIpc) is 3.06. The van der Waals surface area contributed by atoms with Gasteiger partial charge in [-0.1, -0.05) is 42.5 Å². The molecule has 6 rings (SSSR count). The molecule has 0 amide bonds. The number of benzene rings is 3. The van der Waals surface area contributed by atoms with E-state index in [2.05, 4.69) is 0 Å². The van der Waals surface area contributed by atoms with Gasteiger partial charge < -0.3 is 39.7 Å². The smallest absolute Gasteiger partial charge is 0.202 e. The maximum absolute atomic E-state index is 13.9. The molecule has 3 aromatic carbocycles. The van der Waals surface area contributed by atoms with Gasteiger partial charge in [-0.2, -0.15) is 0 Å². The highest BCUT2D eigenvalue weighted by Gasteiger charge is 2.50. The molecule has 4 unspecified atom stereocenters. The minimum absolute atomic E-state index is 0. The van der Waals surface area contributed by atoms with Gasteiger partial charge >= 0.3 is 0 Å². The SMILES string of the molecule is COc1cccc2c1C(=O)c1c(O)c3c(c(O)c1C2=O)C[C@@](O)(C(C)=O)C[C@@H]3OC1CC(N(CCO)Cc2ccccc2)C(O)C(C)O1.Cl. The number of phenols is 2. The molecule has 1 fully saturated rings. The van der Waals surface area contributed by atoms with Crippen LogP contribution in [-0.4, -0.2) is 98.2 Å². The number of halogens is 1. The van der Waals surface area contributed by atoms with Gasteiger partial charge in [0.1, 0.15) is 22.8 Å². The molecule has 3 aromatic rings. The minimum atomic E-state index is -2.05. The molecule has 0 spiro atoms. The molecule has 5 N–H and O–H groups in total. The van der Waals surface area contributed by atoms with Crippen LogP contribution in [0.1, 0.15) is 81.3 Å². The van der Waals surface area contributed by atoms with E-state index in [1.165, 1.54) is 32.2 Å². The first-order valence-corrected chi connectivity index (χ1v) is 15.9. The molecular formula is C36H40ClNO11. The Labute approximate surface area is 289 Å². The lowest BCUT2D eigenvalue weighted by molar-refractivity contribution is -0.259. The number of hydrogen-bond acceptors (Lipinski definition) is 12. The number of rotatable bonds is 9.